The Labute approximate surface area is 159 Å². The number of rotatable bonds is 4. The number of hydrogen-bond donors (Lipinski definition) is 2. The molecule has 1 amide bonds. The SMILES string of the molecule is O=C(O)C1CC(c2ccccc2)CN1C(=O)[C@@H]1CC(c2ccccc2)CN1. The summed E-state index contributed by atoms with van der Waals surface area (Å²) in [4.78, 5) is 26.5. The van der Waals surface area contributed by atoms with E-state index in [2.05, 4.69) is 17.4 Å². The van der Waals surface area contributed by atoms with E-state index in [9.17, 15) is 14.7 Å². The van der Waals surface area contributed by atoms with E-state index in [1.54, 1.807) is 4.90 Å². The van der Waals surface area contributed by atoms with E-state index in [1.165, 1.54) is 5.56 Å². The minimum Gasteiger partial charge on any atom is -0.480 e. The van der Waals surface area contributed by atoms with Crippen molar-refractivity contribution in [2.24, 2.45) is 0 Å². The summed E-state index contributed by atoms with van der Waals surface area (Å²) >= 11 is 0. The van der Waals surface area contributed by atoms with E-state index in [4.69, 9.17) is 0 Å². The number of likely N-dealkylation sites (tertiary alicyclic amines) is 1. The van der Waals surface area contributed by atoms with Crippen molar-refractivity contribution in [1.82, 2.24) is 10.2 Å². The van der Waals surface area contributed by atoms with E-state index in [0.717, 1.165) is 12.1 Å². The van der Waals surface area contributed by atoms with Gasteiger partial charge in [-0.15, -0.1) is 0 Å². The zero-order valence-corrected chi connectivity index (χ0v) is 15.1. The van der Waals surface area contributed by atoms with Crippen LogP contribution in [0.1, 0.15) is 35.8 Å². The van der Waals surface area contributed by atoms with Crippen molar-refractivity contribution in [3.63, 3.8) is 0 Å². The summed E-state index contributed by atoms with van der Waals surface area (Å²) in [7, 11) is 0. The third kappa shape index (κ3) is 3.60. The van der Waals surface area contributed by atoms with E-state index >= 15 is 0 Å². The van der Waals surface area contributed by atoms with Gasteiger partial charge < -0.3 is 15.3 Å². The molecular formula is C22H24N2O3. The first-order chi connectivity index (χ1) is 13.1. The quantitative estimate of drug-likeness (QED) is 0.875. The second-order valence-electron chi connectivity index (χ2n) is 7.49. The van der Waals surface area contributed by atoms with Gasteiger partial charge in [-0.3, -0.25) is 4.79 Å². The van der Waals surface area contributed by atoms with Gasteiger partial charge in [0.1, 0.15) is 6.04 Å². The summed E-state index contributed by atoms with van der Waals surface area (Å²) in [6.45, 7) is 1.21. The van der Waals surface area contributed by atoms with Gasteiger partial charge in [-0.05, 0) is 29.9 Å². The molecule has 4 atom stereocenters. The predicted molar refractivity (Wildman–Crippen MR) is 103 cm³/mol. The highest BCUT2D eigenvalue weighted by Crippen LogP contribution is 2.34. The number of hydrogen-bond acceptors (Lipinski definition) is 3. The fourth-order valence-corrected chi connectivity index (χ4v) is 4.38. The lowest BCUT2D eigenvalue weighted by Gasteiger charge is -2.25. The van der Waals surface area contributed by atoms with Crippen molar-refractivity contribution >= 4 is 11.9 Å². The number of carbonyl (C=O) groups excluding carboxylic acids is 1. The Bertz CT molecular complexity index is 809. The molecule has 27 heavy (non-hydrogen) atoms. The first-order valence-corrected chi connectivity index (χ1v) is 9.50. The topological polar surface area (TPSA) is 69.6 Å². The first-order valence-electron chi connectivity index (χ1n) is 9.50. The molecule has 2 N–H and O–H groups in total. The van der Waals surface area contributed by atoms with Crippen LogP contribution in [0.2, 0.25) is 0 Å². The Kier molecular flexibility index (Phi) is 4.94. The van der Waals surface area contributed by atoms with Crippen LogP contribution in [0.4, 0.5) is 0 Å². The largest absolute Gasteiger partial charge is 0.480 e. The van der Waals surface area contributed by atoms with Crippen LogP contribution in [-0.2, 0) is 9.59 Å². The van der Waals surface area contributed by atoms with Crippen molar-refractivity contribution < 1.29 is 14.7 Å². The minimum atomic E-state index is -0.917. The molecule has 0 aliphatic carbocycles. The molecule has 3 unspecified atom stereocenters. The highest BCUT2D eigenvalue weighted by molar-refractivity contribution is 5.88. The number of nitrogens with zero attached hydrogens (tertiary/aromatic N) is 1. The molecule has 4 rings (SSSR count). The second kappa shape index (κ2) is 7.53. The molecule has 0 saturated carbocycles. The van der Waals surface area contributed by atoms with Crippen LogP contribution < -0.4 is 5.32 Å². The molecule has 2 heterocycles. The minimum absolute atomic E-state index is 0.0718. The number of carbonyl (C=O) groups is 2. The van der Waals surface area contributed by atoms with Crippen LogP contribution in [0.15, 0.2) is 60.7 Å². The molecule has 2 aromatic carbocycles. The highest BCUT2D eigenvalue weighted by atomic mass is 16.4. The van der Waals surface area contributed by atoms with Gasteiger partial charge >= 0.3 is 5.97 Å². The smallest absolute Gasteiger partial charge is 0.326 e. The second-order valence-corrected chi connectivity index (χ2v) is 7.49. The first kappa shape index (κ1) is 17.7. The van der Waals surface area contributed by atoms with Gasteiger partial charge in [0, 0.05) is 19.0 Å². The number of carboxylic acid groups (broad SMARTS) is 1. The number of amides is 1. The van der Waals surface area contributed by atoms with Crippen molar-refractivity contribution in [3.05, 3.63) is 71.8 Å². The molecule has 5 heteroatoms. The average Bonchev–Trinajstić information content (AvgIpc) is 3.37. The van der Waals surface area contributed by atoms with Gasteiger partial charge in [-0.25, -0.2) is 4.79 Å². The van der Waals surface area contributed by atoms with E-state index in [0.29, 0.717) is 19.4 Å². The summed E-state index contributed by atoms with van der Waals surface area (Å²) in [6, 6.07) is 19.0. The van der Waals surface area contributed by atoms with Gasteiger partial charge in [0.15, 0.2) is 0 Å². The van der Waals surface area contributed by atoms with Crippen LogP contribution in [0.3, 0.4) is 0 Å². The third-order valence-electron chi connectivity index (χ3n) is 5.84. The molecule has 0 spiro atoms. The van der Waals surface area contributed by atoms with E-state index in [-0.39, 0.29) is 23.8 Å². The molecule has 2 saturated heterocycles. The number of carboxylic acids is 1. The summed E-state index contributed by atoms with van der Waals surface area (Å²) in [5.74, 6) is -0.642. The summed E-state index contributed by atoms with van der Waals surface area (Å²) < 4.78 is 0. The van der Waals surface area contributed by atoms with Crippen molar-refractivity contribution in [2.75, 3.05) is 13.1 Å². The highest BCUT2D eigenvalue weighted by Gasteiger charge is 2.43. The Morgan fingerprint density at radius 1 is 0.889 bits per heavy atom. The molecule has 0 bridgehead atoms. The molecule has 0 radical (unpaired) electrons. The van der Waals surface area contributed by atoms with Crippen LogP contribution in [0.5, 0.6) is 0 Å². The molecule has 2 aliphatic heterocycles. The van der Waals surface area contributed by atoms with Crippen molar-refractivity contribution in [1.29, 1.82) is 0 Å². The lowest BCUT2D eigenvalue weighted by Crippen LogP contribution is -2.48. The molecule has 2 aromatic rings. The Morgan fingerprint density at radius 2 is 1.48 bits per heavy atom. The Morgan fingerprint density at radius 3 is 2.07 bits per heavy atom. The normalized spacial score (nSPS) is 27.6. The van der Waals surface area contributed by atoms with Crippen LogP contribution in [-0.4, -0.2) is 47.1 Å². The van der Waals surface area contributed by atoms with Crippen molar-refractivity contribution in [3.8, 4) is 0 Å². The summed E-state index contributed by atoms with van der Waals surface area (Å²) in [6.07, 6.45) is 1.18. The lowest BCUT2D eigenvalue weighted by molar-refractivity contribution is -0.148. The maximum absolute atomic E-state index is 13.1. The molecule has 2 fully saturated rings. The maximum Gasteiger partial charge on any atom is 0.326 e. The number of benzene rings is 2. The Hall–Kier alpha value is -2.66. The molecule has 5 nitrogen and oxygen atoms in total. The standard InChI is InChI=1S/C22H24N2O3/c25-21(19-11-17(13-23-19)15-7-3-1-4-8-15)24-14-18(12-20(24)22(26)27)16-9-5-2-6-10-16/h1-10,17-20,23H,11-14H2,(H,26,27)/t17?,18?,19-,20?/m0/s1. The molecule has 0 aromatic heterocycles. The molecular weight excluding hydrogens is 340 g/mol. The van der Waals surface area contributed by atoms with Gasteiger partial charge in [0.05, 0.1) is 6.04 Å². The fourth-order valence-electron chi connectivity index (χ4n) is 4.38. The zero-order chi connectivity index (χ0) is 18.8. The maximum atomic E-state index is 13.1. The van der Waals surface area contributed by atoms with E-state index in [1.807, 2.05) is 48.5 Å². The van der Waals surface area contributed by atoms with Gasteiger partial charge in [-0.2, -0.15) is 0 Å². The van der Waals surface area contributed by atoms with E-state index < -0.39 is 12.0 Å². The number of aliphatic carboxylic acids is 1. The summed E-state index contributed by atoms with van der Waals surface area (Å²) in [5, 5.41) is 13.0. The monoisotopic (exact) mass is 364 g/mol. The molecule has 140 valence electrons. The number of nitrogens with one attached hydrogen (secondary N) is 1. The van der Waals surface area contributed by atoms with Crippen molar-refractivity contribution in [2.45, 2.75) is 36.8 Å². The predicted octanol–water partition coefficient (Wildman–Crippen LogP) is 2.60. The lowest BCUT2D eigenvalue weighted by atomic mass is 9.96. The van der Waals surface area contributed by atoms with Gasteiger partial charge in [0.2, 0.25) is 5.91 Å². The van der Waals surface area contributed by atoms with Gasteiger partial charge in [0.25, 0.3) is 0 Å². The van der Waals surface area contributed by atoms with Gasteiger partial charge in [-0.1, -0.05) is 60.7 Å². The van der Waals surface area contributed by atoms with Crippen LogP contribution >= 0.6 is 0 Å². The summed E-state index contributed by atoms with van der Waals surface area (Å²) in [5.41, 5.74) is 2.32. The zero-order valence-electron chi connectivity index (χ0n) is 15.1. The fraction of sp³-hybridized carbons (Fsp3) is 0.364. The van der Waals surface area contributed by atoms with Crippen LogP contribution in [0.25, 0.3) is 0 Å². The average molecular weight is 364 g/mol. The Balaban J connectivity index is 1.48. The molecule has 2 aliphatic rings. The van der Waals surface area contributed by atoms with Crippen LogP contribution in [0, 0.1) is 0 Å². The third-order valence-corrected chi connectivity index (χ3v) is 5.84.